The Bertz CT molecular complexity index is 893. The summed E-state index contributed by atoms with van der Waals surface area (Å²) in [4.78, 5) is 29.0. The van der Waals surface area contributed by atoms with Crippen molar-refractivity contribution in [3.63, 3.8) is 0 Å². The van der Waals surface area contributed by atoms with Crippen molar-refractivity contribution in [3.05, 3.63) is 59.7 Å². The Morgan fingerprint density at radius 2 is 1.93 bits per heavy atom. The highest BCUT2D eigenvalue weighted by molar-refractivity contribution is 8.15. The summed E-state index contributed by atoms with van der Waals surface area (Å²) in [5, 5.41) is 5.71. The number of anilines is 1. The smallest absolute Gasteiger partial charge is 0.240 e. The Balaban J connectivity index is 1.60. The molecule has 1 aliphatic heterocycles. The number of amides is 2. The van der Waals surface area contributed by atoms with E-state index in [4.69, 9.17) is 0 Å². The number of nitrogens with one attached hydrogen (secondary N) is 2. The van der Waals surface area contributed by atoms with Crippen molar-refractivity contribution in [3.8, 4) is 0 Å². The predicted octanol–water partition coefficient (Wildman–Crippen LogP) is 4.76. The maximum absolute atomic E-state index is 12.3. The third-order valence-corrected chi connectivity index (χ3v) is 5.95. The van der Waals surface area contributed by atoms with Crippen molar-refractivity contribution >= 4 is 40.1 Å². The zero-order valence-electron chi connectivity index (χ0n) is 16.4. The Hall–Kier alpha value is -2.60. The molecule has 0 radical (unpaired) electrons. The number of thioether (sulfide) groups is 1. The largest absolute Gasteiger partial charge is 0.326 e. The number of carbonyl (C=O) groups excluding carboxylic acids is 2. The van der Waals surface area contributed by atoms with Crippen molar-refractivity contribution in [2.45, 2.75) is 44.8 Å². The van der Waals surface area contributed by atoms with E-state index in [-0.39, 0.29) is 18.2 Å². The van der Waals surface area contributed by atoms with E-state index in [1.165, 1.54) is 17.3 Å². The summed E-state index contributed by atoms with van der Waals surface area (Å²) in [7, 11) is 0. The summed E-state index contributed by atoms with van der Waals surface area (Å²) in [6, 6.07) is 15.6. The fourth-order valence-electron chi connectivity index (χ4n) is 2.91. The minimum atomic E-state index is -0.470. The van der Waals surface area contributed by atoms with Gasteiger partial charge in [0.1, 0.15) is 5.25 Å². The molecule has 0 unspecified atom stereocenters. The van der Waals surface area contributed by atoms with Gasteiger partial charge in [-0.25, -0.2) is 4.99 Å². The normalized spacial score (nSPS) is 18.8. The topological polar surface area (TPSA) is 70.6 Å². The molecule has 0 spiro atoms. The summed E-state index contributed by atoms with van der Waals surface area (Å²) < 4.78 is 0. The molecule has 2 aromatic rings. The molecule has 1 heterocycles. The molecule has 5 nitrogen and oxygen atoms in total. The van der Waals surface area contributed by atoms with Crippen molar-refractivity contribution in [1.82, 2.24) is 5.32 Å². The van der Waals surface area contributed by atoms with Crippen LogP contribution in [0.15, 0.2) is 53.5 Å². The van der Waals surface area contributed by atoms with Crippen LogP contribution in [0.3, 0.4) is 0 Å². The monoisotopic (exact) mass is 395 g/mol. The number of rotatable bonds is 6. The molecule has 0 aliphatic carbocycles. The minimum absolute atomic E-state index is 0.108. The van der Waals surface area contributed by atoms with Gasteiger partial charge in [-0.05, 0) is 48.6 Å². The summed E-state index contributed by atoms with van der Waals surface area (Å²) in [5.74, 6) is 0.152. The number of hydrogen-bond donors (Lipinski definition) is 2. The molecule has 0 aromatic heterocycles. The molecule has 0 saturated carbocycles. The maximum atomic E-state index is 12.3. The molecule has 6 heteroatoms. The number of carbonyl (C=O) groups is 2. The van der Waals surface area contributed by atoms with Gasteiger partial charge in [0.05, 0.1) is 5.69 Å². The number of nitrogens with zero attached hydrogens (tertiary/aromatic N) is 1. The van der Waals surface area contributed by atoms with Gasteiger partial charge in [-0.15, -0.1) is 0 Å². The Labute approximate surface area is 170 Å². The van der Waals surface area contributed by atoms with Gasteiger partial charge in [-0.1, -0.05) is 55.9 Å². The Morgan fingerprint density at radius 3 is 2.61 bits per heavy atom. The van der Waals surface area contributed by atoms with Crippen LogP contribution in [0.5, 0.6) is 0 Å². The molecule has 0 bridgehead atoms. The van der Waals surface area contributed by atoms with E-state index in [0.29, 0.717) is 11.1 Å². The second-order valence-electron chi connectivity index (χ2n) is 6.98. The fraction of sp³-hybridized carbons (Fsp3) is 0.318. The highest BCUT2D eigenvalue weighted by Gasteiger charge is 2.32. The van der Waals surface area contributed by atoms with Gasteiger partial charge in [0.25, 0.3) is 0 Å². The van der Waals surface area contributed by atoms with E-state index in [1.54, 1.807) is 0 Å². The fourth-order valence-corrected chi connectivity index (χ4v) is 3.89. The molecule has 2 amide bonds. The van der Waals surface area contributed by atoms with Crippen LogP contribution < -0.4 is 10.6 Å². The molecule has 1 aliphatic rings. The molecule has 2 aromatic carbocycles. The van der Waals surface area contributed by atoms with E-state index in [1.807, 2.05) is 43.3 Å². The van der Waals surface area contributed by atoms with Crippen LogP contribution in [0.4, 0.5) is 11.4 Å². The van der Waals surface area contributed by atoms with Crippen molar-refractivity contribution in [2.75, 3.05) is 5.32 Å². The number of aliphatic imine (C=N–C) groups is 1. The first-order chi connectivity index (χ1) is 13.5. The molecular formula is C22H25N3O2S. The number of para-hydroxylation sites is 1. The van der Waals surface area contributed by atoms with Gasteiger partial charge in [0.2, 0.25) is 11.8 Å². The molecule has 2 N–H and O–H groups in total. The molecule has 1 saturated heterocycles. The van der Waals surface area contributed by atoms with Gasteiger partial charge in [0.15, 0.2) is 5.17 Å². The van der Waals surface area contributed by atoms with Crippen LogP contribution in [0.1, 0.15) is 43.7 Å². The van der Waals surface area contributed by atoms with Crippen LogP contribution >= 0.6 is 11.8 Å². The van der Waals surface area contributed by atoms with Crippen LogP contribution in [-0.2, 0) is 9.59 Å². The predicted molar refractivity (Wildman–Crippen MR) is 116 cm³/mol. The van der Waals surface area contributed by atoms with E-state index in [9.17, 15) is 9.59 Å². The highest BCUT2D eigenvalue weighted by atomic mass is 32.2. The van der Waals surface area contributed by atoms with E-state index >= 15 is 0 Å². The number of benzene rings is 2. The van der Waals surface area contributed by atoms with E-state index in [0.717, 1.165) is 23.4 Å². The van der Waals surface area contributed by atoms with Crippen LogP contribution in [0.25, 0.3) is 0 Å². The number of aryl methyl sites for hydroxylation is 1. The standard InChI is InChI=1S/C22H25N3O2S/c1-4-14(2)16-9-11-17(12-10-16)23-22-25-21(27)19(28-22)13-20(26)24-18-8-6-5-7-15(18)3/h5-12,14,19H,4,13H2,1-3H3,(H,24,26)(H,23,25,27)/t14-,19-/m1/s1. The summed E-state index contributed by atoms with van der Waals surface area (Å²) >= 11 is 1.30. The molecule has 2 atom stereocenters. The third-order valence-electron chi connectivity index (χ3n) is 4.87. The lowest BCUT2D eigenvalue weighted by molar-refractivity contribution is -0.122. The second-order valence-corrected chi connectivity index (χ2v) is 8.17. The van der Waals surface area contributed by atoms with Crippen molar-refractivity contribution in [2.24, 2.45) is 4.99 Å². The average Bonchev–Trinajstić information content (AvgIpc) is 3.02. The number of amidine groups is 1. The molecule has 28 heavy (non-hydrogen) atoms. The Morgan fingerprint density at radius 1 is 1.21 bits per heavy atom. The summed E-state index contributed by atoms with van der Waals surface area (Å²) in [5.41, 5.74) is 3.83. The SMILES string of the molecule is CC[C@@H](C)c1ccc(N=C2NC(=O)[C@@H](CC(=O)Nc3ccccc3C)S2)cc1. The van der Waals surface area contributed by atoms with Gasteiger partial charge in [0, 0.05) is 12.1 Å². The van der Waals surface area contributed by atoms with Crippen molar-refractivity contribution < 1.29 is 9.59 Å². The first kappa shape index (κ1) is 20.1. The van der Waals surface area contributed by atoms with E-state index < -0.39 is 5.25 Å². The van der Waals surface area contributed by atoms with Crippen LogP contribution in [0, 0.1) is 6.92 Å². The minimum Gasteiger partial charge on any atom is -0.326 e. The lowest BCUT2D eigenvalue weighted by Crippen LogP contribution is -2.28. The molecular weight excluding hydrogens is 370 g/mol. The van der Waals surface area contributed by atoms with Crippen LogP contribution in [0.2, 0.25) is 0 Å². The Kier molecular flexibility index (Phi) is 6.52. The van der Waals surface area contributed by atoms with Crippen molar-refractivity contribution in [1.29, 1.82) is 0 Å². The maximum Gasteiger partial charge on any atom is 0.240 e. The third kappa shape index (κ3) is 5.01. The quantitative estimate of drug-likeness (QED) is 0.741. The first-order valence-corrected chi connectivity index (χ1v) is 10.4. The highest BCUT2D eigenvalue weighted by Crippen LogP contribution is 2.27. The molecule has 3 rings (SSSR count). The van der Waals surface area contributed by atoms with Gasteiger partial charge in [-0.3, -0.25) is 9.59 Å². The zero-order chi connectivity index (χ0) is 20.1. The summed E-state index contributed by atoms with van der Waals surface area (Å²) in [6.45, 7) is 6.29. The van der Waals surface area contributed by atoms with Gasteiger partial charge < -0.3 is 10.6 Å². The lowest BCUT2D eigenvalue weighted by atomic mass is 9.99. The van der Waals surface area contributed by atoms with Crippen LogP contribution in [-0.4, -0.2) is 22.2 Å². The van der Waals surface area contributed by atoms with Gasteiger partial charge in [-0.2, -0.15) is 0 Å². The second kappa shape index (κ2) is 9.06. The van der Waals surface area contributed by atoms with E-state index in [2.05, 4.69) is 41.6 Å². The molecule has 146 valence electrons. The first-order valence-electron chi connectivity index (χ1n) is 9.48. The average molecular weight is 396 g/mol. The summed E-state index contributed by atoms with van der Waals surface area (Å²) in [6.07, 6.45) is 1.20. The zero-order valence-corrected chi connectivity index (χ0v) is 17.2. The molecule has 1 fully saturated rings. The van der Waals surface area contributed by atoms with Gasteiger partial charge >= 0.3 is 0 Å². The number of hydrogen-bond acceptors (Lipinski definition) is 4. The lowest BCUT2D eigenvalue weighted by Gasteiger charge is -2.09.